The van der Waals surface area contributed by atoms with Crippen molar-refractivity contribution >= 4 is 40.6 Å². The van der Waals surface area contributed by atoms with Crippen molar-refractivity contribution in [3.8, 4) is 0 Å². The zero-order valence-corrected chi connectivity index (χ0v) is 13.8. The van der Waals surface area contributed by atoms with Crippen LogP contribution in [0.5, 0.6) is 0 Å². The SMILES string of the molecule is O=C(c1ccnc(Nc2cc(Cl)cc(Cl)c2)c1)N1CCOCC1. The molecular formula is C16H15Cl2N3O2. The molecule has 3 rings (SSSR count). The third-order valence-corrected chi connectivity index (χ3v) is 3.88. The number of hydrogen-bond acceptors (Lipinski definition) is 4. The first-order valence-corrected chi connectivity index (χ1v) is 7.93. The highest BCUT2D eigenvalue weighted by Gasteiger charge is 2.18. The van der Waals surface area contributed by atoms with E-state index in [4.69, 9.17) is 27.9 Å². The predicted octanol–water partition coefficient (Wildman–Crippen LogP) is 3.60. The number of benzene rings is 1. The maximum Gasteiger partial charge on any atom is 0.254 e. The Morgan fingerprint density at radius 3 is 2.52 bits per heavy atom. The van der Waals surface area contributed by atoms with E-state index in [0.717, 1.165) is 0 Å². The minimum atomic E-state index is -0.0251. The summed E-state index contributed by atoms with van der Waals surface area (Å²) >= 11 is 12.0. The summed E-state index contributed by atoms with van der Waals surface area (Å²) < 4.78 is 5.27. The van der Waals surface area contributed by atoms with Gasteiger partial charge >= 0.3 is 0 Å². The highest BCUT2D eigenvalue weighted by molar-refractivity contribution is 6.35. The maximum atomic E-state index is 12.5. The van der Waals surface area contributed by atoms with E-state index in [2.05, 4.69) is 10.3 Å². The minimum Gasteiger partial charge on any atom is -0.378 e. The van der Waals surface area contributed by atoms with E-state index in [1.165, 1.54) is 0 Å². The lowest BCUT2D eigenvalue weighted by atomic mass is 10.2. The van der Waals surface area contributed by atoms with Crippen LogP contribution in [0.1, 0.15) is 10.4 Å². The van der Waals surface area contributed by atoms with Crippen molar-refractivity contribution in [1.29, 1.82) is 0 Å². The fraction of sp³-hybridized carbons (Fsp3) is 0.250. The number of morpholine rings is 1. The summed E-state index contributed by atoms with van der Waals surface area (Å²) in [6.07, 6.45) is 1.60. The minimum absolute atomic E-state index is 0.0251. The van der Waals surface area contributed by atoms with Crippen LogP contribution in [0.2, 0.25) is 10.0 Å². The van der Waals surface area contributed by atoms with Crippen LogP contribution in [-0.4, -0.2) is 42.1 Å². The second-order valence-electron chi connectivity index (χ2n) is 5.12. The number of hydrogen-bond donors (Lipinski definition) is 1. The molecule has 1 N–H and O–H groups in total. The van der Waals surface area contributed by atoms with Gasteiger partial charge in [-0.05, 0) is 30.3 Å². The molecule has 0 atom stereocenters. The highest BCUT2D eigenvalue weighted by Crippen LogP contribution is 2.25. The number of amides is 1. The average Bonchev–Trinajstić information content (AvgIpc) is 2.54. The monoisotopic (exact) mass is 351 g/mol. The number of nitrogens with zero attached hydrogens (tertiary/aromatic N) is 2. The van der Waals surface area contributed by atoms with Gasteiger partial charge in [0.25, 0.3) is 5.91 Å². The molecule has 1 fully saturated rings. The van der Waals surface area contributed by atoms with Gasteiger partial charge < -0.3 is 15.0 Å². The van der Waals surface area contributed by atoms with Gasteiger partial charge in [-0.15, -0.1) is 0 Å². The molecule has 1 aromatic heterocycles. The molecule has 1 aliphatic rings. The van der Waals surface area contributed by atoms with E-state index in [1.54, 1.807) is 41.4 Å². The summed E-state index contributed by atoms with van der Waals surface area (Å²) in [6.45, 7) is 2.35. The molecule has 1 aromatic carbocycles. The van der Waals surface area contributed by atoms with Gasteiger partial charge in [-0.2, -0.15) is 0 Å². The molecule has 1 amide bonds. The fourth-order valence-corrected chi connectivity index (χ4v) is 2.88. The highest BCUT2D eigenvalue weighted by atomic mass is 35.5. The van der Waals surface area contributed by atoms with Crippen LogP contribution in [0.4, 0.5) is 11.5 Å². The quantitative estimate of drug-likeness (QED) is 0.917. The Morgan fingerprint density at radius 2 is 1.83 bits per heavy atom. The van der Waals surface area contributed by atoms with Crippen molar-refractivity contribution in [2.75, 3.05) is 31.6 Å². The van der Waals surface area contributed by atoms with Gasteiger partial charge in [-0.3, -0.25) is 4.79 Å². The van der Waals surface area contributed by atoms with E-state index in [9.17, 15) is 4.79 Å². The van der Waals surface area contributed by atoms with Gasteiger partial charge in [0, 0.05) is 40.6 Å². The second kappa shape index (κ2) is 7.17. The van der Waals surface area contributed by atoms with E-state index in [-0.39, 0.29) is 5.91 Å². The molecular weight excluding hydrogens is 337 g/mol. The van der Waals surface area contributed by atoms with Gasteiger partial charge in [0.15, 0.2) is 0 Å². The third kappa shape index (κ3) is 4.13. The van der Waals surface area contributed by atoms with Gasteiger partial charge in [0.2, 0.25) is 0 Å². The molecule has 0 spiro atoms. The lowest BCUT2D eigenvalue weighted by molar-refractivity contribution is 0.0303. The molecule has 7 heteroatoms. The summed E-state index contributed by atoms with van der Waals surface area (Å²) in [6, 6.07) is 8.55. The fourth-order valence-electron chi connectivity index (χ4n) is 2.35. The number of halogens is 2. The number of rotatable bonds is 3. The Bertz CT molecular complexity index is 698. The van der Waals surface area contributed by atoms with E-state index < -0.39 is 0 Å². The molecule has 0 bridgehead atoms. The van der Waals surface area contributed by atoms with Crippen molar-refractivity contribution in [3.05, 3.63) is 52.1 Å². The van der Waals surface area contributed by atoms with Gasteiger partial charge in [0.1, 0.15) is 5.82 Å². The van der Waals surface area contributed by atoms with Crippen molar-refractivity contribution in [3.63, 3.8) is 0 Å². The number of carbonyl (C=O) groups excluding carboxylic acids is 1. The van der Waals surface area contributed by atoms with Crippen LogP contribution >= 0.6 is 23.2 Å². The first-order valence-electron chi connectivity index (χ1n) is 7.18. The molecule has 2 aromatic rings. The normalized spacial score (nSPS) is 14.6. The predicted molar refractivity (Wildman–Crippen MR) is 90.7 cm³/mol. The molecule has 1 saturated heterocycles. The van der Waals surface area contributed by atoms with E-state index in [1.807, 2.05) is 0 Å². The maximum absolute atomic E-state index is 12.5. The summed E-state index contributed by atoms with van der Waals surface area (Å²) in [5.74, 6) is 0.533. The van der Waals surface area contributed by atoms with E-state index in [0.29, 0.717) is 53.4 Å². The van der Waals surface area contributed by atoms with Crippen molar-refractivity contribution in [2.24, 2.45) is 0 Å². The Balaban J connectivity index is 1.77. The Kier molecular flexibility index (Phi) is 5.00. The van der Waals surface area contributed by atoms with Crippen LogP contribution in [-0.2, 0) is 4.74 Å². The van der Waals surface area contributed by atoms with Crippen LogP contribution in [0, 0.1) is 0 Å². The topological polar surface area (TPSA) is 54.5 Å². The molecule has 0 aliphatic carbocycles. The molecule has 120 valence electrons. The number of carbonyl (C=O) groups is 1. The first-order chi connectivity index (χ1) is 11.1. The van der Waals surface area contributed by atoms with Crippen molar-refractivity contribution < 1.29 is 9.53 Å². The smallest absolute Gasteiger partial charge is 0.254 e. The zero-order chi connectivity index (χ0) is 16.2. The van der Waals surface area contributed by atoms with Gasteiger partial charge in [-0.1, -0.05) is 23.2 Å². The molecule has 23 heavy (non-hydrogen) atoms. The third-order valence-electron chi connectivity index (χ3n) is 3.44. The lowest BCUT2D eigenvalue weighted by Gasteiger charge is -2.26. The van der Waals surface area contributed by atoms with Crippen LogP contribution in [0.15, 0.2) is 36.5 Å². The largest absolute Gasteiger partial charge is 0.378 e. The lowest BCUT2D eigenvalue weighted by Crippen LogP contribution is -2.40. The summed E-state index contributed by atoms with van der Waals surface area (Å²) in [4.78, 5) is 18.5. The van der Waals surface area contributed by atoms with Crippen molar-refractivity contribution in [1.82, 2.24) is 9.88 Å². The number of ether oxygens (including phenoxy) is 1. The first kappa shape index (κ1) is 16.1. The Labute approximate surface area is 144 Å². The van der Waals surface area contributed by atoms with Gasteiger partial charge in [-0.25, -0.2) is 4.98 Å². The number of pyridine rings is 1. The average molecular weight is 352 g/mol. The molecule has 2 heterocycles. The van der Waals surface area contributed by atoms with Crippen LogP contribution in [0.25, 0.3) is 0 Å². The molecule has 0 radical (unpaired) electrons. The summed E-state index contributed by atoms with van der Waals surface area (Å²) in [7, 11) is 0. The second-order valence-corrected chi connectivity index (χ2v) is 5.99. The summed E-state index contributed by atoms with van der Waals surface area (Å²) in [5.41, 5.74) is 1.29. The van der Waals surface area contributed by atoms with Crippen LogP contribution < -0.4 is 5.32 Å². The van der Waals surface area contributed by atoms with Gasteiger partial charge in [0.05, 0.1) is 13.2 Å². The number of nitrogens with one attached hydrogen (secondary N) is 1. The zero-order valence-electron chi connectivity index (χ0n) is 12.3. The molecule has 1 aliphatic heterocycles. The Morgan fingerprint density at radius 1 is 1.13 bits per heavy atom. The summed E-state index contributed by atoms with van der Waals surface area (Å²) in [5, 5.41) is 4.16. The standard InChI is InChI=1S/C16H15Cl2N3O2/c17-12-8-13(18)10-14(9-12)20-15-7-11(1-2-19-15)16(22)21-3-5-23-6-4-21/h1-2,7-10H,3-6H2,(H,19,20). The number of aromatic nitrogens is 1. The van der Waals surface area contributed by atoms with Crippen LogP contribution in [0.3, 0.4) is 0 Å². The molecule has 5 nitrogen and oxygen atoms in total. The molecule has 0 unspecified atom stereocenters. The van der Waals surface area contributed by atoms with E-state index >= 15 is 0 Å². The Hall–Kier alpha value is -1.82. The van der Waals surface area contributed by atoms with Crippen molar-refractivity contribution in [2.45, 2.75) is 0 Å². The molecule has 0 saturated carbocycles. The number of anilines is 2.